The van der Waals surface area contributed by atoms with Crippen molar-refractivity contribution in [1.82, 2.24) is 20.4 Å². The summed E-state index contributed by atoms with van der Waals surface area (Å²) < 4.78 is 0. The molecule has 10 heteroatoms. The zero-order chi connectivity index (χ0) is 46.3. The number of Topliss-reactive ketones (excluding diaryl/α,β-unsaturated/α-hetero) is 2. The SMILES string of the molecule is CC1=C(/C=C/C(C)=C/C=C/C(C)=C/C=C/C=C(C)/C=C/C=C(C)/C=C/C2=C(C)C(=O)C(NCCN(CCN)CCN)CC2(C)C)C(C)(C)CC(NCCN(CCN)CCN)C1=O. The molecule has 0 aromatic rings. The number of carbonyl (C=O) groups is 2. The van der Waals surface area contributed by atoms with Crippen molar-refractivity contribution in [3.8, 4) is 0 Å². The van der Waals surface area contributed by atoms with Gasteiger partial charge in [0.1, 0.15) is 0 Å². The number of rotatable bonds is 26. The van der Waals surface area contributed by atoms with Crippen molar-refractivity contribution in [1.29, 1.82) is 0 Å². The van der Waals surface area contributed by atoms with Crippen LogP contribution in [0, 0.1) is 10.8 Å². The number of nitrogens with zero attached hydrogens (tertiary/aromatic N) is 2. The van der Waals surface area contributed by atoms with Gasteiger partial charge in [0.05, 0.1) is 12.1 Å². The normalized spacial score (nSPS) is 21.1. The molecule has 0 fully saturated rings. The molecule has 10 N–H and O–H groups in total. The van der Waals surface area contributed by atoms with Crippen LogP contribution in [0.5, 0.6) is 0 Å². The Morgan fingerprint density at radius 2 is 0.839 bits per heavy atom. The van der Waals surface area contributed by atoms with Gasteiger partial charge < -0.3 is 33.6 Å². The molecule has 0 heterocycles. The number of nitrogens with one attached hydrogen (secondary N) is 2. The van der Waals surface area contributed by atoms with Crippen molar-refractivity contribution in [2.24, 2.45) is 33.8 Å². The van der Waals surface area contributed by atoms with Gasteiger partial charge in [-0.05, 0) is 87.5 Å². The predicted octanol–water partition coefficient (Wildman–Crippen LogP) is 6.54. The van der Waals surface area contributed by atoms with Crippen molar-refractivity contribution in [3.05, 3.63) is 130 Å². The Bertz CT molecular complexity index is 1670. The molecule has 0 amide bonds. The van der Waals surface area contributed by atoms with Gasteiger partial charge in [-0.15, -0.1) is 0 Å². The summed E-state index contributed by atoms with van der Waals surface area (Å²) in [6.07, 6.45) is 30.7. The number of carbonyl (C=O) groups excluding carboxylic acids is 2. The second kappa shape index (κ2) is 28.1. The van der Waals surface area contributed by atoms with Crippen molar-refractivity contribution < 1.29 is 9.59 Å². The van der Waals surface area contributed by atoms with Gasteiger partial charge in [-0.2, -0.15) is 0 Å². The van der Waals surface area contributed by atoms with E-state index in [9.17, 15) is 9.59 Å². The largest absolute Gasteiger partial charge is 0.329 e. The molecular weight excluding hydrogens is 769 g/mol. The molecular formula is C52H84N8O2. The maximum atomic E-state index is 13.3. The van der Waals surface area contributed by atoms with Gasteiger partial charge in [0.15, 0.2) is 11.6 Å². The molecule has 0 aromatic heterocycles. The Labute approximate surface area is 376 Å². The minimum Gasteiger partial charge on any atom is -0.329 e. The van der Waals surface area contributed by atoms with E-state index >= 15 is 0 Å². The molecule has 0 aromatic carbocycles. The highest BCUT2D eigenvalue weighted by Gasteiger charge is 2.38. The van der Waals surface area contributed by atoms with Gasteiger partial charge >= 0.3 is 0 Å². The molecule has 2 atom stereocenters. The van der Waals surface area contributed by atoms with Crippen LogP contribution < -0.4 is 33.6 Å². The van der Waals surface area contributed by atoms with Crippen molar-refractivity contribution in [2.75, 3.05) is 78.5 Å². The summed E-state index contributed by atoms with van der Waals surface area (Å²) in [7, 11) is 0. The third-order valence-electron chi connectivity index (χ3n) is 11.8. The fraction of sp³-hybridized carbons (Fsp3) is 0.538. The van der Waals surface area contributed by atoms with E-state index in [2.05, 4.69) is 161 Å². The quantitative estimate of drug-likeness (QED) is 0.0526. The summed E-state index contributed by atoms with van der Waals surface area (Å²) in [5, 5.41) is 7.01. The molecule has 2 rings (SSSR count). The summed E-state index contributed by atoms with van der Waals surface area (Å²) in [6.45, 7) is 29.8. The predicted molar refractivity (Wildman–Crippen MR) is 266 cm³/mol. The average molecular weight is 853 g/mol. The Hall–Kier alpha value is -3.84. The van der Waals surface area contributed by atoms with Gasteiger partial charge in [0, 0.05) is 78.5 Å². The molecule has 10 nitrogen and oxygen atoms in total. The smallest absolute Gasteiger partial charge is 0.175 e. The Balaban J connectivity index is 1.94. The van der Waals surface area contributed by atoms with Crippen molar-refractivity contribution >= 4 is 11.6 Å². The third-order valence-corrected chi connectivity index (χ3v) is 11.8. The minimum absolute atomic E-state index is 0.131. The van der Waals surface area contributed by atoms with Crippen LogP contribution in [0.15, 0.2) is 130 Å². The topological polar surface area (TPSA) is 169 Å². The van der Waals surface area contributed by atoms with E-state index in [-0.39, 0.29) is 34.5 Å². The van der Waals surface area contributed by atoms with Crippen LogP contribution in [-0.4, -0.2) is 112 Å². The van der Waals surface area contributed by atoms with Gasteiger partial charge in [0.25, 0.3) is 0 Å². The maximum absolute atomic E-state index is 13.3. The lowest BCUT2D eigenvalue weighted by molar-refractivity contribution is -0.119. The first kappa shape index (κ1) is 54.3. The first-order valence-electron chi connectivity index (χ1n) is 22.7. The maximum Gasteiger partial charge on any atom is 0.175 e. The minimum atomic E-state index is -0.188. The molecule has 62 heavy (non-hydrogen) atoms. The van der Waals surface area contributed by atoms with E-state index in [0.717, 1.165) is 110 Å². The van der Waals surface area contributed by atoms with Crippen LogP contribution in [0.2, 0.25) is 0 Å². The molecule has 0 saturated carbocycles. The molecule has 344 valence electrons. The van der Waals surface area contributed by atoms with E-state index < -0.39 is 0 Å². The zero-order valence-electron chi connectivity index (χ0n) is 40.2. The fourth-order valence-electron chi connectivity index (χ4n) is 8.22. The van der Waals surface area contributed by atoms with E-state index in [1.165, 1.54) is 0 Å². The summed E-state index contributed by atoms with van der Waals surface area (Å²) in [5.41, 5.74) is 31.1. The number of allylic oxidation sites excluding steroid dienone is 20. The summed E-state index contributed by atoms with van der Waals surface area (Å²) in [4.78, 5) is 31.2. The van der Waals surface area contributed by atoms with Crippen LogP contribution in [0.4, 0.5) is 0 Å². The highest BCUT2D eigenvalue weighted by molar-refractivity contribution is 6.02. The second-order valence-corrected chi connectivity index (χ2v) is 18.2. The van der Waals surface area contributed by atoms with Crippen molar-refractivity contribution in [2.45, 2.75) is 94.2 Å². The highest BCUT2D eigenvalue weighted by atomic mass is 16.1. The summed E-state index contributed by atoms with van der Waals surface area (Å²) in [6, 6.07) is -0.377. The van der Waals surface area contributed by atoms with Gasteiger partial charge in [0.2, 0.25) is 0 Å². The van der Waals surface area contributed by atoms with E-state index in [4.69, 9.17) is 22.9 Å². The van der Waals surface area contributed by atoms with E-state index in [1.807, 2.05) is 13.8 Å². The van der Waals surface area contributed by atoms with E-state index in [1.54, 1.807) is 0 Å². The first-order valence-corrected chi connectivity index (χ1v) is 22.7. The summed E-state index contributed by atoms with van der Waals surface area (Å²) in [5.74, 6) is 0.355. The van der Waals surface area contributed by atoms with Crippen LogP contribution in [0.1, 0.15) is 82.1 Å². The Morgan fingerprint density at radius 1 is 0.532 bits per heavy atom. The number of nitrogens with two attached hydrogens (primary N) is 4. The molecule has 2 aliphatic carbocycles. The van der Waals surface area contributed by atoms with Crippen LogP contribution in [-0.2, 0) is 9.59 Å². The standard InChI is InChI=1S/C52H84N8O2/c1-39(17-13-19-41(3)21-23-45-43(5)49(61)47(37-51(45,7)8)57-29-35-59(31-25-53)32-26-54)15-11-12-16-40(2)18-14-20-42(4)22-24-46-44(6)50(62)48(38-52(46,9)10)58-30-36-60(33-27-55)34-28-56/h11-24,47-48,57-58H,25-38,53-56H2,1-10H3/b12-11+,17-13+,18-14+,23-21+,24-22+,39-15+,40-16+,41-19+,42-20+. The lowest BCUT2D eigenvalue weighted by Gasteiger charge is -2.37. The van der Waals surface area contributed by atoms with Gasteiger partial charge in [-0.3, -0.25) is 19.4 Å². The van der Waals surface area contributed by atoms with Crippen LogP contribution in [0.25, 0.3) is 0 Å². The van der Waals surface area contributed by atoms with Crippen molar-refractivity contribution in [3.63, 3.8) is 0 Å². The Kier molecular flexibility index (Phi) is 24.6. The average Bonchev–Trinajstić information content (AvgIpc) is 3.20. The van der Waals surface area contributed by atoms with Gasteiger partial charge in [-0.25, -0.2) is 0 Å². The molecule has 0 spiro atoms. The number of hydrogen-bond donors (Lipinski definition) is 6. The zero-order valence-corrected chi connectivity index (χ0v) is 40.2. The molecule has 0 aliphatic heterocycles. The molecule has 0 radical (unpaired) electrons. The molecule has 2 aliphatic rings. The van der Waals surface area contributed by atoms with E-state index in [0.29, 0.717) is 26.2 Å². The lowest BCUT2D eigenvalue weighted by Crippen LogP contribution is -2.48. The first-order chi connectivity index (χ1) is 29.4. The molecule has 2 unspecified atom stereocenters. The van der Waals surface area contributed by atoms with Crippen LogP contribution >= 0.6 is 0 Å². The highest BCUT2D eigenvalue weighted by Crippen LogP contribution is 2.41. The fourth-order valence-corrected chi connectivity index (χ4v) is 8.22. The van der Waals surface area contributed by atoms with Crippen LogP contribution in [0.3, 0.4) is 0 Å². The second-order valence-electron chi connectivity index (χ2n) is 18.2. The third kappa shape index (κ3) is 18.9. The molecule has 0 bridgehead atoms. The number of hydrogen-bond acceptors (Lipinski definition) is 10. The molecule has 0 saturated heterocycles. The lowest BCUT2D eigenvalue weighted by atomic mass is 9.70. The number of ketones is 2. The van der Waals surface area contributed by atoms with Gasteiger partial charge in [-0.1, -0.05) is 135 Å². The Morgan fingerprint density at radius 3 is 1.16 bits per heavy atom. The summed E-state index contributed by atoms with van der Waals surface area (Å²) >= 11 is 0. The monoisotopic (exact) mass is 853 g/mol.